The number of nitrogens with zero attached hydrogens (tertiary/aromatic N) is 2. The Hall–Kier alpha value is -3.28. The van der Waals surface area contributed by atoms with E-state index in [2.05, 4.69) is 0 Å². The number of rotatable bonds is 4. The van der Waals surface area contributed by atoms with E-state index in [1.165, 1.54) is 17.0 Å². The van der Waals surface area contributed by atoms with E-state index < -0.39 is 17.7 Å². The molecule has 0 aliphatic carbocycles. The largest absolute Gasteiger partial charge is 0.507 e. The van der Waals surface area contributed by atoms with Crippen molar-refractivity contribution >= 4 is 52.0 Å². The van der Waals surface area contributed by atoms with Gasteiger partial charge in [-0.1, -0.05) is 53.0 Å². The van der Waals surface area contributed by atoms with Crippen LogP contribution in [0.15, 0.2) is 72.3 Å². The first-order valence-electron chi connectivity index (χ1n) is 10.3. The smallest absolute Gasteiger partial charge is 0.300 e. The second-order valence-electron chi connectivity index (χ2n) is 8.12. The zero-order valence-corrected chi connectivity index (χ0v) is 19.9. The second kappa shape index (κ2) is 8.93. The lowest BCUT2D eigenvalue weighted by atomic mass is 9.95. The van der Waals surface area contributed by atoms with Gasteiger partial charge in [-0.2, -0.15) is 0 Å². The van der Waals surface area contributed by atoms with Gasteiger partial charge in [0.15, 0.2) is 0 Å². The number of aliphatic hydroxyl groups excluding tert-OH is 1. The van der Waals surface area contributed by atoms with Crippen LogP contribution in [-0.4, -0.2) is 30.9 Å². The number of aryl methyl sites for hydroxylation is 1. The summed E-state index contributed by atoms with van der Waals surface area (Å²) in [5.41, 5.74) is 3.56. The maximum absolute atomic E-state index is 13.2. The Labute approximate surface area is 202 Å². The number of benzene rings is 3. The fourth-order valence-corrected chi connectivity index (χ4v) is 4.17. The number of halogens is 2. The zero-order valence-electron chi connectivity index (χ0n) is 18.3. The number of amides is 1. The van der Waals surface area contributed by atoms with Crippen molar-refractivity contribution in [2.45, 2.75) is 13.0 Å². The number of anilines is 2. The van der Waals surface area contributed by atoms with Crippen LogP contribution in [0.3, 0.4) is 0 Å². The van der Waals surface area contributed by atoms with E-state index in [-0.39, 0.29) is 16.4 Å². The Kier molecular flexibility index (Phi) is 6.19. The summed E-state index contributed by atoms with van der Waals surface area (Å²) in [5.74, 6) is -1.77. The summed E-state index contributed by atoms with van der Waals surface area (Å²) in [7, 11) is 3.86. The van der Waals surface area contributed by atoms with Gasteiger partial charge in [0.25, 0.3) is 11.7 Å². The fraction of sp³-hybridized carbons (Fsp3) is 0.154. The van der Waals surface area contributed by atoms with Crippen LogP contribution in [0.1, 0.15) is 22.7 Å². The number of Topliss-reactive ketones (excluding diaryl/α,β-unsaturated/α-hetero) is 1. The highest BCUT2D eigenvalue weighted by atomic mass is 35.5. The number of carbonyl (C=O) groups excluding carboxylic acids is 2. The lowest BCUT2D eigenvalue weighted by molar-refractivity contribution is -0.132. The molecule has 0 aromatic heterocycles. The Bertz CT molecular complexity index is 1270. The molecule has 3 aromatic rings. The highest BCUT2D eigenvalue weighted by Gasteiger charge is 2.47. The molecule has 3 aromatic carbocycles. The van der Waals surface area contributed by atoms with Gasteiger partial charge in [-0.05, 0) is 55.0 Å². The molecule has 1 aliphatic rings. The van der Waals surface area contributed by atoms with Crippen molar-refractivity contribution in [2.24, 2.45) is 0 Å². The number of carbonyl (C=O) groups is 2. The van der Waals surface area contributed by atoms with Crippen molar-refractivity contribution in [2.75, 3.05) is 23.9 Å². The van der Waals surface area contributed by atoms with Gasteiger partial charge >= 0.3 is 0 Å². The predicted molar refractivity (Wildman–Crippen MR) is 133 cm³/mol. The van der Waals surface area contributed by atoms with Gasteiger partial charge in [0, 0.05) is 31.0 Å². The molecule has 1 aliphatic heterocycles. The highest BCUT2D eigenvalue weighted by Crippen LogP contribution is 2.43. The van der Waals surface area contributed by atoms with Crippen LogP contribution in [0.2, 0.25) is 10.0 Å². The van der Waals surface area contributed by atoms with Crippen LogP contribution in [0, 0.1) is 6.92 Å². The normalized spacial score (nSPS) is 17.5. The standard InChI is InChI=1S/C26H22Cl2N2O3/c1-15-4-9-19(10-5-15)30-23(16-6-11-18(12-7-16)29(2)3)22(25(32)26(30)33)24(31)17-8-13-20(27)21(28)14-17/h4-14,23,31H,1-3H3/b24-22-. The van der Waals surface area contributed by atoms with Crippen molar-refractivity contribution in [1.29, 1.82) is 0 Å². The maximum atomic E-state index is 13.2. The van der Waals surface area contributed by atoms with Gasteiger partial charge < -0.3 is 10.0 Å². The van der Waals surface area contributed by atoms with E-state index in [4.69, 9.17) is 23.2 Å². The van der Waals surface area contributed by atoms with E-state index in [0.29, 0.717) is 21.8 Å². The van der Waals surface area contributed by atoms with Crippen molar-refractivity contribution in [3.63, 3.8) is 0 Å². The van der Waals surface area contributed by atoms with Crippen LogP contribution < -0.4 is 9.80 Å². The number of hydrogen-bond donors (Lipinski definition) is 1. The molecule has 0 saturated carbocycles. The molecule has 0 spiro atoms. The van der Waals surface area contributed by atoms with E-state index in [9.17, 15) is 14.7 Å². The maximum Gasteiger partial charge on any atom is 0.300 e. The third kappa shape index (κ3) is 4.22. The SMILES string of the molecule is Cc1ccc(N2C(=O)C(=O)/C(=C(\O)c3ccc(Cl)c(Cl)c3)C2c2ccc(N(C)C)cc2)cc1. The van der Waals surface area contributed by atoms with E-state index in [1.807, 2.05) is 62.3 Å². The Morgan fingerprint density at radius 3 is 2.12 bits per heavy atom. The molecule has 1 heterocycles. The van der Waals surface area contributed by atoms with Gasteiger partial charge in [-0.3, -0.25) is 14.5 Å². The minimum Gasteiger partial charge on any atom is -0.507 e. The Morgan fingerprint density at radius 1 is 0.909 bits per heavy atom. The third-order valence-electron chi connectivity index (χ3n) is 5.67. The summed E-state index contributed by atoms with van der Waals surface area (Å²) in [5, 5.41) is 11.7. The lowest BCUT2D eigenvalue weighted by Crippen LogP contribution is -2.29. The zero-order chi connectivity index (χ0) is 23.9. The summed E-state index contributed by atoms with van der Waals surface area (Å²) in [6.07, 6.45) is 0. The molecule has 1 amide bonds. The Morgan fingerprint density at radius 2 is 1.55 bits per heavy atom. The monoisotopic (exact) mass is 480 g/mol. The van der Waals surface area contributed by atoms with Crippen LogP contribution in [-0.2, 0) is 9.59 Å². The second-order valence-corrected chi connectivity index (χ2v) is 8.93. The summed E-state index contributed by atoms with van der Waals surface area (Å²) in [4.78, 5) is 29.8. The third-order valence-corrected chi connectivity index (χ3v) is 6.41. The van der Waals surface area contributed by atoms with Gasteiger partial charge in [0.2, 0.25) is 0 Å². The molecule has 4 rings (SSSR count). The molecule has 33 heavy (non-hydrogen) atoms. The molecule has 1 saturated heterocycles. The van der Waals surface area contributed by atoms with Gasteiger partial charge in [0.1, 0.15) is 5.76 Å². The molecular weight excluding hydrogens is 459 g/mol. The van der Waals surface area contributed by atoms with Crippen LogP contribution in [0.5, 0.6) is 0 Å². The minimum atomic E-state index is -0.807. The summed E-state index contributed by atoms with van der Waals surface area (Å²) < 4.78 is 0. The summed E-state index contributed by atoms with van der Waals surface area (Å²) in [6, 6.07) is 18.6. The van der Waals surface area contributed by atoms with Crippen molar-refractivity contribution in [3.8, 4) is 0 Å². The molecule has 168 valence electrons. The first-order valence-corrected chi connectivity index (χ1v) is 11.0. The quantitative estimate of drug-likeness (QED) is 0.282. The lowest BCUT2D eigenvalue weighted by Gasteiger charge is -2.26. The number of aliphatic hydroxyl groups is 1. The molecule has 0 radical (unpaired) electrons. The van der Waals surface area contributed by atoms with Crippen LogP contribution in [0.25, 0.3) is 5.76 Å². The molecule has 1 atom stereocenters. The molecule has 1 unspecified atom stereocenters. The average molecular weight is 481 g/mol. The average Bonchev–Trinajstić information content (AvgIpc) is 3.06. The van der Waals surface area contributed by atoms with Gasteiger partial charge in [-0.25, -0.2) is 0 Å². The molecular formula is C26H22Cl2N2O3. The molecule has 5 nitrogen and oxygen atoms in total. The summed E-state index contributed by atoms with van der Waals surface area (Å²) in [6.45, 7) is 1.94. The first kappa shape index (κ1) is 22.9. The number of ketones is 1. The van der Waals surface area contributed by atoms with E-state index in [1.54, 1.807) is 18.2 Å². The van der Waals surface area contributed by atoms with Crippen molar-refractivity contribution in [1.82, 2.24) is 0 Å². The molecule has 1 N–H and O–H groups in total. The van der Waals surface area contributed by atoms with E-state index >= 15 is 0 Å². The summed E-state index contributed by atoms with van der Waals surface area (Å²) >= 11 is 12.2. The first-order chi connectivity index (χ1) is 15.7. The minimum absolute atomic E-state index is 0.00318. The predicted octanol–water partition coefficient (Wildman–Crippen LogP) is 5.99. The van der Waals surface area contributed by atoms with Crippen LogP contribution in [0.4, 0.5) is 11.4 Å². The van der Waals surface area contributed by atoms with Gasteiger partial charge in [-0.15, -0.1) is 0 Å². The van der Waals surface area contributed by atoms with E-state index in [0.717, 1.165) is 11.3 Å². The molecule has 7 heteroatoms. The topological polar surface area (TPSA) is 60.9 Å². The Balaban J connectivity index is 1.93. The molecule has 1 fully saturated rings. The highest BCUT2D eigenvalue weighted by molar-refractivity contribution is 6.51. The molecule has 0 bridgehead atoms. The van der Waals surface area contributed by atoms with Crippen LogP contribution >= 0.6 is 23.2 Å². The fourth-order valence-electron chi connectivity index (χ4n) is 3.87. The number of hydrogen-bond acceptors (Lipinski definition) is 4. The van der Waals surface area contributed by atoms with Crippen molar-refractivity contribution in [3.05, 3.63) is 99.0 Å². The van der Waals surface area contributed by atoms with Gasteiger partial charge in [0.05, 0.1) is 21.7 Å². The van der Waals surface area contributed by atoms with Crippen molar-refractivity contribution < 1.29 is 14.7 Å².